The average Bonchev–Trinajstić information content (AvgIpc) is 3.03. The van der Waals surface area contributed by atoms with Crippen LogP contribution in [-0.4, -0.2) is 17.9 Å². The fraction of sp³-hybridized carbons (Fsp3) is 0.857. The molecule has 0 spiro atoms. The predicted octanol–water partition coefficient (Wildman–Crippen LogP) is 12.8. The number of carbonyl (C=O) groups excluding carboxylic acids is 2. The summed E-state index contributed by atoms with van der Waals surface area (Å²) >= 11 is 0. The van der Waals surface area contributed by atoms with Gasteiger partial charge < -0.3 is 11.1 Å². The van der Waals surface area contributed by atoms with Gasteiger partial charge in [-0.05, 0) is 71.1 Å². The van der Waals surface area contributed by atoms with E-state index in [0.29, 0.717) is 6.42 Å². The van der Waals surface area contributed by atoms with Gasteiger partial charge in [0.1, 0.15) is 0 Å². The van der Waals surface area contributed by atoms with Gasteiger partial charge in [-0.25, -0.2) is 0 Å². The van der Waals surface area contributed by atoms with Gasteiger partial charge in [-0.1, -0.05) is 167 Å². The maximum atomic E-state index is 12.5. The molecule has 46 heavy (non-hydrogen) atoms. The van der Waals surface area contributed by atoms with E-state index in [1.54, 1.807) is 0 Å². The first-order valence-electron chi connectivity index (χ1n) is 20.4. The standard InChI is InChI=1S/C42H80N2O2/c1-4-6-8-10-12-14-16-18-20-21-22-23-24-26-28-30-32-34-36-38-41(45)44-39(3)40(42(43)46)37-35-33-31-29-27-25-19-17-15-13-11-9-7-5-2/h18-20,25,39-40H,4-17,21-24,26-38H2,1-3H3,(H2,43,46)(H,44,45)/b20-18-,25-19-. The molecule has 0 saturated heterocycles. The second kappa shape index (κ2) is 36.3. The van der Waals surface area contributed by atoms with Crippen molar-refractivity contribution in [3.8, 4) is 0 Å². The Labute approximate surface area is 288 Å². The molecule has 0 aromatic rings. The molecule has 3 N–H and O–H groups in total. The first-order valence-corrected chi connectivity index (χ1v) is 20.4. The van der Waals surface area contributed by atoms with Crippen LogP contribution in [0.15, 0.2) is 24.3 Å². The maximum absolute atomic E-state index is 12.5. The number of allylic oxidation sites excluding steroid dienone is 4. The monoisotopic (exact) mass is 645 g/mol. The lowest BCUT2D eigenvalue weighted by Crippen LogP contribution is -2.43. The molecule has 0 heterocycles. The third-order valence-corrected chi connectivity index (χ3v) is 9.55. The van der Waals surface area contributed by atoms with Crippen molar-refractivity contribution in [1.82, 2.24) is 5.32 Å². The van der Waals surface area contributed by atoms with Gasteiger partial charge in [0.2, 0.25) is 11.8 Å². The Balaban J connectivity index is 3.66. The van der Waals surface area contributed by atoms with Gasteiger partial charge in [0, 0.05) is 12.5 Å². The van der Waals surface area contributed by atoms with E-state index in [0.717, 1.165) is 38.5 Å². The van der Waals surface area contributed by atoms with E-state index >= 15 is 0 Å². The number of nitrogens with one attached hydrogen (secondary N) is 1. The van der Waals surface area contributed by atoms with Gasteiger partial charge in [0.15, 0.2) is 0 Å². The number of hydrogen-bond acceptors (Lipinski definition) is 2. The number of unbranched alkanes of at least 4 members (excludes halogenated alkanes) is 25. The molecule has 4 heteroatoms. The highest BCUT2D eigenvalue weighted by atomic mass is 16.2. The molecule has 0 aliphatic heterocycles. The van der Waals surface area contributed by atoms with Gasteiger partial charge in [0.05, 0.1) is 5.92 Å². The number of rotatable bonds is 36. The van der Waals surface area contributed by atoms with Crippen molar-refractivity contribution in [2.75, 3.05) is 0 Å². The number of carbonyl (C=O) groups is 2. The van der Waals surface area contributed by atoms with Crippen LogP contribution in [0.3, 0.4) is 0 Å². The Morgan fingerprint density at radius 3 is 1.20 bits per heavy atom. The highest BCUT2D eigenvalue weighted by Gasteiger charge is 2.23. The molecule has 0 radical (unpaired) electrons. The highest BCUT2D eigenvalue weighted by molar-refractivity contribution is 5.80. The first kappa shape index (κ1) is 44.4. The second-order valence-corrected chi connectivity index (χ2v) is 14.1. The molecule has 0 aromatic carbocycles. The summed E-state index contributed by atoms with van der Waals surface area (Å²) in [6, 6.07) is -0.189. The lowest BCUT2D eigenvalue weighted by Gasteiger charge is -2.22. The lowest BCUT2D eigenvalue weighted by molar-refractivity contribution is -0.125. The van der Waals surface area contributed by atoms with E-state index in [9.17, 15) is 9.59 Å². The van der Waals surface area contributed by atoms with Gasteiger partial charge >= 0.3 is 0 Å². The SMILES string of the molecule is CCCCCCCC/C=C\CCCCCCCCCCCC(=O)NC(C)C(CCCCCC/C=C\CCCCCCCC)C(N)=O. The molecule has 0 saturated carbocycles. The lowest BCUT2D eigenvalue weighted by atomic mass is 9.93. The van der Waals surface area contributed by atoms with Crippen LogP contribution in [0.5, 0.6) is 0 Å². The molecule has 270 valence electrons. The van der Waals surface area contributed by atoms with E-state index in [-0.39, 0.29) is 23.8 Å². The third kappa shape index (κ3) is 32.4. The Morgan fingerprint density at radius 1 is 0.500 bits per heavy atom. The molecule has 2 amide bonds. The minimum Gasteiger partial charge on any atom is -0.369 e. The predicted molar refractivity (Wildman–Crippen MR) is 203 cm³/mol. The third-order valence-electron chi connectivity index (χ3n) is 9.55. The van der Waals surface area contributed by atoms with Crippen LogP contribution in [0.1, 0.15) is 220 Å². The molecule has 2 unspecified atom stereocenters. The van der Waals surface area contributed by atoms with Crippen LogP contribution < -0.4 is 11.1 Å². The Morgan fingerprint density at radius 2 is 0.826 bits per heavy atom. The van der Waals surface area contributed by atoms with Crippen molar-refractivity contribution in [3.05, 3.63) is 24.3 Å². The van der Waals surface area contributed by atoms with E-state index in [1.165, 1.54) is 154 Å². The Kier molecular flexibility index (Phi) is 35.0. The van der Waals surface area contributed by atoms with Crippen LogP contribution in [0.2, 0.25) is 0 Å². The first-order chi connectivity index (χ1) is 22.5. The van der Waals surface area contributed by atoms with Crippen molar-refractivity contribution in [1.29, 1.82) is 0 Å². The summed E-state index contributed by atoms with van der Waals surface area (Å²) in [5.41, 5.74) is 5.72. The molecular formula is C42H80N2O2. The highest BCUT2D eigenvalue weighted by Crippen LogP contribution is 2.17. The number of primary amides is 1. The summed E-state index contributed by atoms with van der Waals surface area (Å²) < 4.78 is 0. The fourth-order valence-corrected chi connectivity index (χ4v) is 6.39. The van der Waals surface area contributed by atoms with E-state index in [1.807, 2.05) is 6.92 Å². The van der Waals surface area contributed by atoms with E-state index < -0.39 is 0 Å². The van der Waals surface area contributed by atoms with Gasteiger partial charge in [-0.2, -0.15) is 0 Å². The normalized spacial score (nSPS) is 13.1. The fourth-order valence-electron chi connectivity index (χ4n) is 6.39. The smallest absolute Gasteiger partial charge is 0.222 e. The zero-order valence-corrected chi connectivity index (χ0v) is 31.3. The molecular weight excluding hydrogens is 564 g/mol. The zero-order chi connectivity index (χ0) is 33.8. The number of hydrogen-bond donors (Lipinski definition) is 2. The van der Waals surface area contributed by atoms with Crippen LogP contribution in [0.4, 0.5) is 0 Å². The summed E-state index contributed by atoms with van der Waals surface area (Å²) in [5, 5.41) is 3.07. The molecule has 0 fully saturated rings. The van der Waals surface area contributed by atoms with Crippen LogP contribution in [-0.2, 0) is 9.59 Å². The molecule has 0 aliphatic carbocycles. The van der Waals surface area contributed by atoms with Crippen LogP contribution >= 0.6 is 0 Å². The summed E-state index contributed by atoms with van der Waals surface area (Å²) in [4.78, 5) is 24.6. The van der Waals surface area contributed by atoms with Crippen molar-refractivity contribution < 1.29 is 9.59 Å². The van der Waals surface area contributed by atoms with Gasteiger partial charge in [-0.15, -0.1) is 0 Å². The van der Waals surface area contributed by atoms with Crippen LogP contribution in [0, 0.1) is 5.92 Å². The zero-order valence-electron chi connectivity index (χ0n) is 31.3. The Hall–Kier alpha value is -1.58. The summed E-state index contributed by atoms with van der Waals surface area (Å²) in [6.07, 6.45) is 47.8. The van der Waals surface area contributed by atoms with Gasteiger partial charge in [0.25, 0.3) is 0 Å². The number of nitrogens with two attached hydrogens (primary N) is 1. The second-order valence-electron chi connectivity index (χ2n) is 14.1. The quantitative estimate of drug-likeness (QED) is 0.0526. The molecule has 0 rings (SSSR count). The van der Waals surface area contributed by atoms with Crippen LogP contribution in [0.25, 0.3) is 0 Å². The minimum atomic E-state index is -0.287. The molecule has 2 atom stereocenters. The maximum Gasteiger partial charge on any atom is 0.222 e. The molecule has 0 bridgehead atoms. The molecule has 0 aliphatic rings. The summed E-state index contributed by atoms with van der Waals surface area (Å²) in [6.45, 7) is 6.48. The topological polar surface area (TPSA) is 72.2 Å². The number of amides is 2. The molecule has 4 nitrogen and oxygen atoms in total. The van der Waals surface area contributed by atoms with E-state index in [2.05, 4.69) is 43.5 Å². The average molecular weight is 645 g/mol. The van der Waals surface area contributed by atoms with E-state index in [4.69, 9.17) is 5.73 Å². The molecule has 0 aromatic heterocycles. The van der Waals surface area contributed by atoms with Crippen molar-refractivity contribution in [3.63, 3.8) is 0 Å². The summed E-state index contributed by atoms with van der Waals surface area (Å²) in [7, 11) is 0. The van der Waals surface area contributed by atoms with Crippen molar-refractivity contribution in [2.45, 2.75) is 226 Å². The van der Waals surface area contributed by atoms with Gasteiger partial charge in [-0.3, -0.25) is 9.59 Å². The Bertz CT molecular complexity index is 716. The van der Waals surface area contributed by atoms with Crippen molar-refractivity contribution >= 4 is 11.8 Å². The largest absolute Gasteiger partial charge is 0.369 e. The summed E-state index contributed by atoms with van der Waals surface area (Å²) in [5.74, 6) is -0.500. The van der Waals surface area contributed by atoms with Crippen molar-refractivity contribution in [2.24, 2.45) is 11.7 Å². The minimum absolute atomic E-state index is 0.0625.